The van der Waals surface area contributed by atoms with Crippen molar-refractivity contribution in [3.63, 3.8) is 0 Å². The van der Waals surface area contributed by atoms with Crippen LogP contribution >= 0.6 is 0 Å². The molecule has 0 fully saturated rings. The summed E-state index contributed by atoms with van der Waals surface area (Å²) in [4.78, 5) is 0.00619. The summed E-state index contributed by atoms with van der Waals surface area (Å²) in [5.74, 6) is 0.780. The quantitative estimate of drug-likeness (QED) is 0.703. The fourth-order valence-electron chi connectivity index (χ4n) is 1.57. The largest absolute Gasteiger partial charge is 0.493 e. The van der Waals surface area contributed by atoms with Gasteiger partial charge < -0.3 is 15.2 Å². The number of rotatable bonds is 5. The molecule has 0 radical (unpaired) electrons. The second kappa shape index (κ2) is 5.29. The van der Waals surface area contributed by atoms with Crippen LogP contribution in [0.3, 0.4) is 0 Å². The number of nitrogens with two attached hydrogens (primary N) is 1. The Kier molecular flexibility index (Phi) is 3.70. The average molecular weight is 298 g/mol. The zero-order valence-electron chi connectivity index (χ0n) is 10.9. The van der Waals surface area contributed by atoms with Crippen molar-refractivity contribution in [1.29, 1.82) is 0 Å². The van der Waals surface area contributed by atoms with Crippen LogP contribution in [0.5, 0.6) is 11.5 Å². The first-order valence-corrected chi connectivity index (χ1v) is 6.99. The second-order valence-corrected chi connectivity index (χ2v) is 5.52. The maximum Gasteiger partial charge on any atom is 0.265 e. The van der Waals surface area contributed by atoms with Crippen LogP contribution in [-0.2, 0) is 10.0 Å². The molecule has 20 heavy (non-hydrogen) atoms. The highest BCUT2D eigenvalue weighted by Gasteiger charge is 2.18. The molecule has 0 aliphatic carbocycles. The highest BCUT2D eigenvalue weighted by atomic mass is 32.2. The van der Waals surface area contributed by atoms with Crippen molar-refractivity contribution >= 4 is 21.4 Å². The van der Waals surface area contributed by atoms with Gasteiger partial charge in [-0.05, 0) is 0 Å². The van der Waals surface area contributed by atoms with Crippen LogP contribution < -0.4 is 19.9 Å². The lowest BCUT2D eigenvalue weighted by Crippen LogP contribution is -2.13. The van der Waals surface area contributed by atoms with Gasteiger partial charge in [0.15, 0.2) is 11.5 Å². The van der Waals surface area contributed by atoms with Gasteiger partial charge in [-0.3, -0.25) is 9.82 Å². The molecule has 8 nitrogen and oxygen atoms in total. The zero-order chi connectivity index (χ0) is 14.8. The summed E-state index contributed by atoms with van der Waals surface area (Å²) in [5, 5.41) is 6.03. The van der Waals surface area contributed by atoms with Gasteiger partial charge in [0.1, 0.15) is 4.90 Å². The van der Waals surface area contributed by atoms with Crippen LogP contribution in [-0.4, -0.2) is 32.8 Å². The molecule has 0 aliphatic heterocycles. The number of anilines is 2. The Hall–Kier alpha value is -2.42. The van der Waals surface area contributed by atoms with Gasteiger partial charge in [-0.25, -0.2) is 8.42 Å². The molecular formula is C11H14N4O4S. The Morgan fingerprint density at radius 1 is 1.25 bits per heavy atom. The summed E-state index contributed by atoms with van der Waals surface area (Å²) in [5.41, 5.74) is 6.21. The Balaban J connectivity index is 2.39. The summed E-state index contributed by atoms with van der Waals surface area (Å²) < 4.78 is 36.7. The van der Waals surface area contributed by atoms with Crippen LogP contribution in [0.25, 0.3) is 0 Å². The molecule has 1 aromatic carbocycles. The van der Waals surface area contributed by atoms with E-state index in [4.69, 9.17) is 15.2 Å². The number of nitrogens with one attached hydrogen (secondary N) is 2. The van der Waals surface area contributed by atoms with Crippen molar-refractivity contribution in [2.45, 2.75) is 4.90 Å². The summed E-state index contributed by atoms with van der Waals surface area (Å²) in [6.07, 6.45) is 2.46. The molecule has 0 spiro atoms. The molecule has 0 aliphatic rings. The van der Waals surface area contributed by atoms with E-state index >= 15 is 0 Å². The third-order valence-corrected chi connectivity index (χ3v) is 3.92. The zero-order valence-corrected chi connectivity index (χ0v) is 11.7. The number of nitrogens with zero attached hydrogens (tertiary/aromatic N) is 1. The number of ether oxygens (including phenoxy) is 2. The van der Waals surface area contributed by atoms with E-state index in [1.807, 2.05) is 0 Å². The molecule has 0 saturated heterocycles. The molecule has 0 amide bonds. The molecule has 2 aromatic rings. The van der Waals surface area contributed by atoms with E-state index in [1.54, 1.807) is 0 Å². The molecule has 2 rings (SSSR count). The van der Waals surface area contributed by atoms with Gasteiger partial charge in [0.05, 0.1) is 31.8 Å². The van der Waals surface area contributed by atoms with E-state index in [1.165, 1.54) is 38.7 Å². The molecule has 9 heteroatoms. The fraction of sp³-hybridized carbons (Fsp3) is 0.182. The first-order valence-electron chi connectivity index (χ1n) is 5.51. The van der Waals surface area contributed by atoms with Crippen molar-refractivity contribution in [2.75, 3.05) is 24.7 Å². The van der Waals surface area contributed by atoms with Crippen LogP contribution in [0.2, 0.25) is 0 Å². The van der Waals surface area contributed by atoms with Crippen molar-refractivity contribution in [1.82, 2.24) is 10.2 Å². The standard InChI is InChI=1S/C11H14N4O4S/c1-18-10-3-8(12)9(4-11(10)19-2)15-20(16,17)7-5-13-14-6-7/h3-6,15H,12H2,1-2H3,(H,13,14). The monoisotopic (exact) mass is 298 g/mol. The number of H-pyrrole nitrogens is 1. The molecule has 1 heterocycles. The molecular weight excluding hydrogens is 284 g/mol. The molecule has 1 aromatic heterocycles. The van der Waals surface area contributed by atoms with Gasteiger partial charge in [0.25, 0.3) is 10.0 Å². The topological polar surface area (TPSA) is 119 Å². The third kappa shape index (κ3) is 2.62. The van der Waals surface area contributed by atoms with E-state index in [2.05, 4.69) is 14.9 Å². The Bertz CT molecular complexity index is 697. The van der Waals surface area contributed by atoms with E-state index < -0.39 is 10.0 Å². The molecule has 0 saturated carbocycles. The predicted octanol–water partition coefficient (Wildman–Crippen LogP) is 0.810. The first kappa shape index (κ1) is 14.0. The number of methoxy groups -OCH3 is 2. The van der Waals surface area contributed by atoms with Gasteiger partial charge in [-0.1, -0.05) is 0 Å². The maximum atomic E-state index is 12.1. The number of aromatic amines is 1. The molecule has 4 N–H and O–H groups in total. The lowest BCUT2D eigenvalue weighted by Gasteiger charge is -2.13. The van der Waals surface area contributed by atoms with Crippen LogP contribution in [0, 0.1) is 0 Å². The lowest BCUT2D eigenvalue weighted by molar-refractivity contribution is 0.355. The maximum absolute atomic E-state index is 12.1. The number of hydrogen-bond acceptors (Lipinski definition) is 6. The molecule has 0 atom stereocenters. The number of nitrogen functional groups attached to an aromatic ring is 1. The van der Waals surface area contributed by atoms with Crippen molar-refractivity contribution in [3.05, 3.63) is 24.5 Å². The van der Waals surface area contributed by atoms with E-state index in [-0.39, 0.29) is 16.3 Å². The smallest absolute Gasteiger partial charge is 0.265 e. The van der Waals surface area contributed by atoms with Crippen LogP contribution in [0.15, 0.2) is 29.4 Å². The number of benzene rings is 1. The average Bonchev–Trinajstić information content (AvgIpc) is 2.95. The minimum atomic E-state index is -3.76. The van der Waals surface area contributed by atoms with Crippen molar-refractivity contribution in [2.24, 2.45) is 0 Å². The minimum Gasteiger partial charge on any atom is -0.493 e. The van der Waals surface area contributed by atoms with Gasteiger partial charge >= 0.3 is 0 Å². The Morgan fingerprint density at radius 2 is 1.90 bits per heavy atom. The minimum absolute atomic E-state index is 0.00619. The predicted molar refractivity (Wildman–Crippen MR) is 73.4 cm³/mol. The SMILES string of the molecule is COc1cc(N)c(NS(=O)(=O)c2cn[nH]c2)cc1OC. The Morgan fingerprint density at radius 3 is 2.45 bits per heavy atom. The van der Waals surface area contributed by atoms with Gasteiger partial charge in [-0.2, -0.15) is 5.10 Å². The van der Waals surface area contributed by atoms with Gasteiger partial charge in [0.2, 0.25) is 0 Å². The summed E-state index contributed by atoms with van der Waals surface area (Å²) >= 11 is 0. The number of hydrogen-bond donors (Lipinski definition) is 3. The summed E-state index contributed by atoms with van der Waals surface area (Å²) in [6, 6.07) is 2.93. The lowest BCUT2D eigenvalue weighted by atomic mass is 10.2. The summed E-state index contributed by atoms with van der Waals surface area (Å²) in [6.45, 7) is 0. The second-order valence-electron chi connectivity index (χ2n) is 3.83. The Labute approximate surface area is 115 Å². The van der Waals surface area contributed by atoms with Crippen LogP contribution in [0.4, 0.5) is 11.4 Å². The van der Waals surface area contributed by atoms with Crippen molar-refractivity contribution in [3.8, 4) is 11.5 Å². The van der Waals surface area contributed by atoms with Crippen LogP contribution in [0.1, 0.15) is 0 Å². The van der Waals surface area contributed by atoms with E-state index in [0.717, 1.165) is 0 Å². The first-order chi connectivity index (χ1) is 9.47. The van der Waals surface area contributed by atoms with Crippen molar-refractivity contribution < 1.29 is 17.9 Å². The van der Waals surface area contributed by atoms with Gasteiger partial charge in [0, 0.05) is 18.3 Å². The van der Waals surface area contributed by atoms with E-state index in [0.29, 0.717) is 11.5 Å². The summed E-state index contributed by atoms with van der Waals surface area (Å²) in [7, 11) is -0.845. The third-order valence-electron chi connectivity index (χ3n) is 2.58. The normalized spacial score (nSPS) is 11.1. The fourth-order valence-corrected chi connectivity index (χ4v) is 2.56. The van der Waals surface area contributed by atoms with Gasteiger partial charge in [-0.15, -0.1) is 0 Å². The number of aromatic nitrogens is 2. The molecule has 0 bridgehead atoms. The highest BCUT2D eigenvalue weighted by Crippen LogP contribution is 2.35. The molecule has 108 valence electrons. The van der Waals surface area contributed by atoms with E-state index in [9.17, 15) is 8.42 Å². The molecule has 0 unspecified atom stereocenters. The highest BCUT2D eigenvalue weighted by molar-refractivity contribution is 7.92. The number of sulfonamides is 1.